The molecule has 0 bridgehead atoms. The van der Waals surface area contributed by atoms with E-state index in [9.17, 15) is 13.2 Å². The van der Waals surface area contributed by atoms with Gasteiger partial charge in [0, 0.05) is 0 Å². The fraction of sp³-hybridized carbons (Fsp3) is 0.222. The van der Waals surface area contributed by atoms with Crippen molar-refractivity contribution in [1.29, 1.82) is 0 Å². The predicted molar refractivity (Wildman–Crippen MR) is 63.2 cm³/mol. The zero-order valence-electron chi connectivity index (χ0n) is 8.11. The lowest BCUT2D eigenvalue weighted by atomic mass is 10.3. The summed E-state index contributed by atoms with van der Waals surface area (Å²) in [5.41, 5.74) is 0.704. The Morgan fingerprint density at radius 1 is 1.24 bits per heavy atom. The molecule has 0 spiro atoms. The molecule has 2 nitrogen and oxygen atoms in total. The monoisotopic (exact) mass is 300 g/mol. The first-order valence-electron chi connectivity index (χ1n) is 4.42. The van der Waals surface area contributed by atoms with E-state index in [1.165, 1.54) is 12.1 Å². The van der Waals surface area contributed by atoms with Gasteiger partial charge in [0.05, 0.1) is 21.1 Å². The van der Waals surface area contributed by atoms with E-state index in [-0.39, 0.29) is 20.3 Å². The zero-order chi connectivity index (χ0) is 12.8. The zero-order valence-corrected chi connectivity index (χ0v) is 10.4. The van der Waals surface area contributed by atoms with Crippen LogP contribution in [0.25, 0.3) is 11.0 Å². The first-order valence-corrected chi connectivity index (χ1v) is 5.58. The minimum absolute atomic E-state index is 0.0179. The molecule has 0 aliphatic heterocycles. The molecule has 0 fully saturated rings. The normalized spacial score (nSPS) is 12.3. The van der Waals surface area contributed by atoms with Crippen LogP contribution < -0.4 is 0 Å². The second-order valence-corrected chi connectivity index (χ2v) is 4.62. The summed E-state index contributed by atoms with van der Waals surface area (Å²) < 4.78 is 38.0. The van der Waals surface area contributed by atoms with Crippen LogP contribution in [0.3, 0.4) is 0 Å². The van der Waals surface area contributed by atoms with Crippen LogP contribution in [-0.2, 0) is 6.54 Å². The lowest BCUT2D eigenvalue weighted by Crippen LogP contribution is -2.17. The van der Waals surface area contributed by atoms with Gasteiger partial charge in [-0.2, -0.15) is 13.2 Å². The third kappa shape index (κ3) is 2.59. The van der Waals surface area contributed by atoms with Crippen molar-refractivity contribution in [2.45, 2.75) is 12.7 Å². The highest BCUT2D eigenvalue weighted by Gasteiger charge is 2.29. The molecule has 2 aromatic rings. The van der Waals surface area contributed by atoms with Crippen molar-refractivity contribution in [3.05, 3.63) is 26.9 Å². The van der Waals surface area contributed by atoms with Crippen LogP contribution in [0.5, 0.6) is 0 Å². The quantitative estimate of drug-likeness (QED) is 0.765. The number of nitrogens with one attached hydrogen (secondary N) is 1. The number of imidazole rings is 1. The van der Waals surface area contributed by atoms with Crippen LogP contribution in [0.15, 0.2) is 12.1 Å². The molecule has 0 aliphatic carbocycles. The van der Waals surface area contributed by atoms with Crippen LogP contribution in [-0.4, -0.2) is 15.7 Å². The summed E-state index contributed by atoms with van der Waals surface area (Å²) in [4.78, 5) is 2.65. The number of halogens is 5. The molecule has 0 atom stereocenters. The van der Waals surface area contributed by atoms with E-state index < -0.39 is 12.7 Å². The van der Waals surface area contributed by atoms with Gasteiger partial charge in [0.2, 0.25) is 0 Å². The Bertz CT molecular complexity index is 629. The SMILES string of the molecule is FC(F)(F)Cn1c(=S)[nH]c2cc(Cl)c(Cl)cc21. The van der Waals surface area contributed by atoms with Crippen molar-refractivity contribution in [2.75, 3.05) is 0 Å². The minimum Gasteiger partial charge on any atom is -0.331 e. The number of hydrogen-bond acceptors (Lipinski definition) is 1. The summed E-state index contributed by atoms with van der Waals surface area (Å²) in [6, 6.07) is 2.80. The lowest BCUT2D eigenvalue weighted by Gasteiger charge is -2.08. The van der Waals surface area contributed by atoms with Crippen molar-refractivity contribution in [2.24, 2.45) is 0 Å². The van der Waals surface area contributed by atoms with Gasteiger partial charge in [-0.1, -0.05) is 23.2 Å². The second kappa shape index (κ2) is 4.19. The smallest absolute Gasteiger partial charge is 0.331 e. The highest BCUT2D eigenvalue weighted by Crippen LogP contribution is 2.29. The first-order chi connectivity index (χ1) is 7.78. The molecular formula is C9H5Cl2F3N2S. The average Bonchev–Trinajstić information content (AvgIpc) is 2.43. The van der Waals surface area contributed by atoms with Crippen molar-refractivity contribution < 1.29 is 13.2 Å². The maximum absolute atomic E-state index is 12.4. The summed E-state index contributed by atoms with van der Waals surface area (Å²) in [7, 11) is 0. The number of hydrogen-bond donors (Lipinski definition) is 1. The number of aromatic amines is 1. The number of H-pyrrole nitrogens is 1. The van der Waals surface area contributed by atoms with Crippen LogP contribution >= 0.6 is 35.4 Å². The van der Waals surface area contributed by atoms with Crippen molar-refractivity contribution in [3.63, 3.8) is 0 Å². The van der Waals surface area contributed by atoms with Crippen LogP contribution in [0, 0.1) is 4.77 Å². The molecule has 8 heteroatoms. The van der Waals surface area contributed by atoms with Gasteiger partial charge in [0.1, 0.15) is 6.54 Å². The molecule has 1 aromatic carbocycles. The summed E-state index contributed by atoms with van der Waals surface area (Å²) in [6.07, 6.45) is -4.35. The van der Waals surface area contributed by atoms with Gasteiger partial charge in [0.25, 0.3) is 0 Å². The number of fused-ring (bicyclic) bond motifs is 1. The number of rotatable bonds is 1. The van der Waals surface area contributed by atoms with Gasteiger partial charge in [-0.05, 0) is 24.4 Å². The van der Waals surface area contributed by atoms with E-state index in [4.69, 9.17) is 35.4 Å². The Balaban J connectivity index is 2.67. The molecule has 17 heavy (non-hydrogen) atoms. The number of alkyl halides is 3. The molecule has 0 saturated carbocycles. The molecule has 0 saturated heterocycles. The lowest BCUT2D eigenvalue weighted by molar-refractivity contribution is -0.140. The van der Waals surface area contributed by atoms with Crippen molar-refractivity contribution >= 4 is 46.5 Å². The predicted octanol–water partition coefficient (Wildman–Crippen LogP) is 4.57. The van der Waals surface area contributed by atoms with E-state index in [0.717, 1.165) is 4.57 Å². The molecule has 0 aliphatic rings. The average molecular weight is 301 g/mol. The summed E-state index contributed by atoms with van der Waals surface area (Å²) in [6.45, 7) is -1.16. The highest BCUT2D eigenvalue weighted by atomic mass is 35.5. The summed E-state index contributed by atoms with van der Waals surface area (Å²) in [5.74, 6) is 0. The molecule has 2 rings (SSSR count). The molecule has 1 heterocycles. The maximum atomic E-state index is 12.4. The van der Waals surface area contributed by atoms with Crippen molar-refractivity contribution in [1.82, 2.24) is 9.55 Å². The molecule has 0 radical (unpaired) electrons. The minimum atomic E-state index is -4.35. The number of benzene rings is 1. The molecule has 92 valence electrons. The van der Waals surface area contributed by atoms with E-state index in [1.54, 1.807) is 0 Å². The standard InChI is InChI=1S/C9H5Cl2F3N2S/c10-4-1-6-7(2-5(4)11)16(8(17)15-6)3-9(12,13)14/h1-2H,3H2,(H,15,17). The third-order valence-electron chi connectivity index (χ3n) is 2.15. The Morgan fingerprint density at radius 3 is 2.41 bits per heavy atom. The fourth-order valence-corrected chi connectivity index (χ4v) is 2.08. The summed E-state index contributed by atoms with van der Waals surface area (Å²) >= 11 is 16.4. The van der Waals surface area contributed by atoms with Gasteiger partial charge in [-0.25, -0.2) is 0 Å². The van der Waals surface area contributed by atoms with Crippen LogP contribution in [0.4, 0.5) is 13.2 Å². The van der Waals surface area contributed by atoms with Crippen LogP contribution in [0.2, 0.25) is 10.0 Å². The Kier molecular flexibility index (Phi) is 3.14. The fourth-order valence-electron chi connectivity index (χ4n) is 1.49. The van der Waals surface area contributed by atoms with Gasteiger partial charge in [0.15, 0.2) is 4.77 Å². The third-order valence-corrected chi connectivity index (χ3v) is 3.20. The Hall–Kier alpha value is -0.720. The first kappa shape index (κ1) is 12.7. The second-order valence-electron chi connectivity index (χ2n) is 3.41. The van der Waals surface area contributed by atoms with Gasteiger partial charge in [-0.15, -0.1) is 0 Å². The molecule has 0 unspecified atom stereocenters. The Morgan fingerprint density at radius 2 is 1.82 bits per heavy atom. The van der Waals surface area contributed by atoms with E-state index in [1.807, 2.05) is 0 Å². The van der Waals surface area contributed by atoms with Gasteiger partial charge >= 0.3 is 6.18 Å². The summed E-state index contributed by atoms with van der Waals surface area (Å²) in [5, 5.41) is 0.443. The molecule has 0 amide bonds. The van der Waals surface area contributed by atoms with Gasteiger partial charge in [-0.3, -0.25) is 0 Å². The largest absolute Gasteiger partial charge is 0.406 e. The molecule has 1 N–H and O–H groups in total. The number of nitrogens with zero attached hydrogens (tertiary/aromatic N) is 1. The Labute approximate surface area is 109 Å². The van der Waals surface area contributed by atoms with Crippen LogP contribution in [0.1, 0.15) is 0 Å². The van der Waals surface area contributed by atoms with E-state index in [2.05, 4.69) is 4.98 Å². The highest BCUT2D eigenvalue weighted by molar-refractivity contribution is 7.71. The topological polar surface area (TPSA) is 20.7 Å². The van der Waals surface area contributed by atoms with E-state index in [0.29, 0.717) is 5.52 Å². The van der Waals surface area contributed by atoms with Crippen molar-refractivity contribution in [3.8, 4) is 0 Å². The molecule has 1 aromatic heterocycles. The number of aromatic nitrogens is 2. The maximum Gasteiger partial charge on any atom is 0.406 e. The van der Waals surface area contributed by atoms with E-state index >= 15 is 0 Å². The molecular weight excluding hydrogens is 296 g/mol. The van der Waals surface area contributed by atoms with Gasteiger partial charge < -0.3 is 9.55 Å².